The Morgan fingerprint density at radius 1 is 1.14 bits per heavy atom. The van der Waals surface area contributed by atoms with Gasteiger partial charge in [-0.2, -0.15) is 0 Å². The van der Waals surface area contributed by atoms with Gasteiger partial charge in [-0.05, 0) is 25.0 Å². The molecule has 4 rings (SSSR count). The minimum absolute atomic E-state index is 0.0555. The van der Waals surface area contributed by atoms with Crippen LogP contribution < -0.4 is 10.9 Å². The smallest absolute Gasteiger partial charge is 0.257 e. The zero-order valence-corrected chi connectivity index (χ0v) is 15.2. The third-order valence-electron chi connectivity index (χ3n) is 4.76. The van der Waals surface area contributed by atoms with E-state index in [0.29, 0.717) is 24.6 Å². The number of carbonyl (C=O) groups excluding carboxylic acids is 1. The minimum Gasteiger partial charge on any atom is -0.338 e. The van der Waals surface area contributed by atoms with Crippen molar-refractivity contribution in [3.8, 4) is 0 Å². The molecule has 3 aromatic rings. The van der Waals surface area contributed by atoms with E-state index in [-0.39, 0.29) is 17.4 Å². The highest BCUT2D eigenvalue weighted by atomic mass is 16.2. The van der Waals surface area contributed by atoms with E-state index in [1.807, 2.05) is 30.3 Å². The van der Waals surface area contributed by atoms with Crippen molar-refractivity contribution in [2.75, 3.05) is 18.4 Å². The fourth-order valence-corrected chi connectivity index (χ4v) is 3.35. The molecule has 1 atom stereocenters. The van der Waals surface area contributed by atoms with E-state index < -0.39 is 0 Å². The number of hydrogen-bond acceptors (Lipinski definition) is 6. The number of H-pyrrole nitrogens is 1. The van der Waals surface area contributed by atoms with Crippen LogP contribution in [0.3, 0.4) is 0 Å². The van der Waals surface area contributed by atoms with E-state index in [2.05, 4.69) is 25.3 Å². The second-order valence-corrected chi connectivity index (χ2v) is 6.71. The number of aromatic amines is 1. The molecule has 0 bridgehead atoms. The van der Waals surface area contributed by atoms with Crippen molar-refractivity contribution in [2.24, 2.45) is 0 Å². The van der Waals surface area contributed by atoms with Crippen molar-refractivity contribution in [1.29, 1.82) is 0 Å². The minimum atomic E-state index is -0.177. The van der Waals surface area contributed by atoms with Crippen LogP contribution in [0.4, 0.5) is 11.6 Å². The van der Waals surface area contributed by atoms with Gasteiger partial charge in [0.1, 0.15) is 0 Å². The number of likely N-dealkylation sites (tertiary alicyclic amines) is 1. The van der Waals surface area contributed by atoms with Gasteiger partial charge in [-0.3, -0.25) is 9.59 Å². The fraction of sp³-hybridized carbons (Fsp3) is 0.250. The molecule has 0 radical (unpaired) electrons. The number of aromatic nitrogens is 4. The molecular weight excluding hydrogens is 356 g/mol. The number of hydrogen-bond donors (Lipinski definition) is 2. The van der Waals surface area contributed by atoms with Gasteiger partial charge in [0.15, 0.2) is 0 Å². The van der Waals surface area contributed by atoms with Crippen LogP contribution in [-0.4, -0.2) is 43.8 Å². The predicted octanol–water partition coefficient (Wildman–Crippen LogP) is 2.32. The molecule has 8 heteroatoms. The average molecular weight is 376 g/mol. The van der Waals surface area contributed by atoms with Crippen LogP contribution in [-0.2, 0) is 0 Å². The number of carbonyl (C=O) groups is 1. The van der Waals surface area contributed by atoms with E-state index >= 15 is 0 Å². The van der Waals surface area contributed by atoms with Crippen molar-refractivity contribution in [3.05, 3.63) is 76.7 Å². The summed E-state index contributed by atoms with van der Waals surface area (Å²) >= 11 is 0. The SMILES string of the molecule is O=C(c1cnc(Nc2ccccc2)nc1)N1CCC[C@@H](c2cc(=O)[nH]cn2)C1. The first kappa shape index (κ1) is 17.8. The van der Waals surface area contributed by atoms with Crippen LogP contribution in [0.5, 0.6) is 0 Å². The van der Waals surface area contributed by atoms with Crippen LogP contribution >= 0.6 is 0 Å². The van der Waals surface area contributed by atoms with Crippen molar-refractivity contribution in [1.82, 2.24) is 24.8 Å². The second kappa shape index (κ2) is 7.99. The molecule has 0 saturated carbocycles. The molecule has 0 unspecified atom stereocenters. The number of para-hydroxylation sites is 1. The van der Waals surface area contributed by atoms with Gasteiger partial charge < -0.3 is 15.2 Å². The molecule has 1 aliphatic heterocycles. The topological polar surface area (TPSA) is 104 Å². The lowest BCUT2D eigenvalue weighted by molar-refractivity contribution is 0.0705. The fourth-order valence-electron chi connectivity index (χ4n) is 3.35. The number of benzene rings is 1. The maximum atomic E-state index is 12.9. The molecule has 8 nitrogen and oxygen atoms in total. The summed E-state index contributed by atoms with van der Waals surface area (Å²) in [5.74, 6) is 0.382. The summed E-state index contributed by atoms with van der Waals surface area (Å²) in [6.45, 7) is 1.20. The Balaban J connectivity index is 1.44. The van der Waals surface area contributed by atoms with E-state index in [1.165, 1.54) is 24.8 Å². The normalized spacial score (nSPS) is 16.6. The number of nitrogens with one attached hydrogen (secondary N) is 2. The monoisotopic (exact) mass is 376 g/mol. The van der Waals surface area contributed by atoms with E-state index in [1.54, 1.807) is 4.90 Å². The Kier molecular flexibility index (Phi) is 5.09. The lowest BCUT2D eigenvalue weighted by atomic mass is 9.94. The van der Waals surface area contributed by atoms with Crippen molar-refractivity contribution >= 4 is 17.5 Å². The second-order valence-electron chi connectivity index (χ2n) is 6.71. The average Bonchev–Trinajstić information content (AvgIpc) is 2.75. The summed E-state index contributed by atoms with van der Waals surface area (Å²) in [6, 6.07) is 11.1. The van der Waals surface area contributed by atoms with Gasteiger partial charge in [0.05, 0.1) is 17.6 Å². The molecule has 1 saturated heterocycles. The number of anilines is 2. The van der Waals surface area contributed by atoms with Crippen LogP contribution in [0.25, 0.3) is 0 Å². The van der Waals surface area contributed by atoms with Crippen molar-refractivity contribution in [3.63, 3.8) is 0 Å². The van der Waals surface area contributed by atoms with Gasteiger partial charge in [-0.1, -0.05) is 18.2 Å². The summed E-state index contributed by atoms with van der Waals surface area (Å²) < 4.78 is 0. The Morgan fingerprint density at radius 2 is 1.93 bits per heavy atom. The van der Waals surface area contributed by atoms with Gasteiger partial charge in [-0.25, -0.2) is 15.0 Å². The molecule has 1 aromatic carbocycles. The van der Waals surface area contributed by atoms with Crippen molar-refractivity contribution in [2.45, 2.75) is 18.8 Å². The molecule has 1 amide bonds. The maximum Gasteiger partial charge on any atom is 0.257 e. The van der Waals surface area contributed by atoms with Crippen LogP contribution in [0.15, 0.2) is 59.9 Å². The van der Waals surface area contributed by atoms with Crippen LogP contribution in [0, 0.1) is 0 Å². The maximum absolute atomic E-state index is 12.9. The molecule has 0 spiro atoms. The van der Waals surface area contributed by atoms with Crippen LogP contribution in [0.1, 0.15) is 34.8 Å². The summed E-state index contributed by atoms with van der Waals surface area (Å²) in [4.78, 5) is 41.4. The van der Waals surface area contributed by atoms with Crippen LogP contribution in [0.2, 0.25) is 0 Å². The highest BCUT2D eigenvalue weighted by Gasteiger charge is 2.26. The summed E-state index contributed by atoms with van der Waals surface area (Å²) in [5, 5.41) is 3.10. The first-order chi connectivity index (χ1) is 13.7. The van der Waals surface area contributed by atoms with Crippen molar-refractivity contribution < 1.29 is 4.79 Å². The zero-order valence-electron chi connectivity index (χ0n) is 15.2. The summed E-state index contributed by atoms with van der Waals surface area (Å²) in [5.41, 5.74) is 1.87. The summed E-state index contributed by atoms with van der Waals surface area (Å²) in [6.07, 6.45) is 6.24. The molecule has 1 fully saturated rings. The molecule has 28 heavy (non-hydrogen) atoms. The Morgan fingerprint density at radius 3 is 2.68 bits per heavy atom. The zero-order chi connectivity index (χ0) is 19.3. The lowest BCUT2D eigenvalue weighted by Crippen LogP contribution is -2.39. The number of rotatable bonds is 4. The quantitative estimate of drug-likeness (QED) is 0.724. The molecule has 2 N–H and O–H groups in total. The molecular formula is C20H20N6O2. The third-order valence-corrected chi connectivity index (χ3v) is 4.76. The van der Waals surface area contributed by atoms with E-state index in [0.717, 1.165) is 24.2 Å². The highest BCUT2D eigenvalue weighted by molar-refractivity contribution is 5.93. The number of amides is 1. The largest absolute Gasteiger partial charge is 0.338 e. The Labute approximate surface area is 161 Å². The third kappa shape index (κ3) is 4.06. The first-order valence-electron chi connectivity index (χ1n) is 9.17. The predicted molar refractivity (Wildman–Crippen MR) is 104 cm³/mol. The van der Waals surface area contributed by atoms with Gasteiger partial charge >= 0.3 is 0 Å². The van der Waals surface area contributed by atoms with E-state index in [9.17, 15) is 9.59 Å². The van der Waals surface area contributed by atoms with Gasteiger partial charge in [0.25, 0.3) is 11.5 Å². The number of nitrogens with zero attached hydrogens (tertiary/aromatic N) is 4. The lowest BCUT2D eigenvalue weighted by Gasteiger charge is -2.32. The molecule has 2 aromatic heterocycles. The van der Waals surface area contributed by atoms with Gasteiger partial charge in [-0.15, -0.1) is 0 Å². The standard InChI is InChI=1S/C20H20N6O2/c27-18-9-17(23-13-24-18)14-5-4-8-26(12-14)19(28)15-10-21-20(22-11-15)25-16-6-2-1-3-7-16/h1-3,6-7,9-11,13-14H,4-5,8,12H2,(H,21,22,25)(H,23,24,27)/t14-/m1/s1. The molecule has 3 heterocycles. The first-order valence-corrected chi connectivity index (χ1v) is 9.17. The molecule has 142 valence electrons. The highest BCUT2D eigenvalue weighted by Crippen LogP contribution is 2.25. The molecule has 0 aliphatic carbocycles. The van der Waals surface area contributed by atoms with Gasteiger partial charge in [0, 0.05) is 43.2 Å². The Hall–Kier alpha value is -3.55. The number of piperidine rings is 1. The Bertz CT molecular complexity index is 1000. The van der Waals surface area contributed by atoms with Gasteiger partial charge in [0.2, 0.25) is 5.95 Å². The summed E-state index contributed by atoms with van der Waals surface area (Å²) in [7, 11) is 0. The molecule has 1 aliphatic rings. The van der Waals surface area contributed by atoms with E-state index in [4.69, 9.17) is 0 Å².